The second-order valence-electron chi connectivity index (χ2n) is 5.62. The molecule has 0 aromatic heterocycles. The summed E-state index contributed by atoms with van der Waals surface area (Å²) in [5.74, 6) is 0.179. The van der Waals surface area contributed by atoms with Crippen molar-refractivity contribution < 1.29 is 14.6 Å². The first-order valence-corrected chi connectivity index (χ1v) is 8.19. The Morgan fingerprint density at radius 2 is 2.14 bits per heavy atom. The van der Waals surface area contributed by atoms with Gasteiger partial charge in [-0.15, -0.1) is 0 Å². The zero-order valence-corrected chi connectivity index (χ0v) is 13.9. The smallest absolute Gasteiger partial charge is 0.310 e. The van der Waals surface area contributed by atoms with Gasteiger partial charge in [-0.1, -0.05) is 22.9 Å². The molecule has 21 heavy (non-hydrogen) atoms. The summed E-state index contributed by atoms with van der Waals surface area (Å²) in [5, 5.41) is 9.47. The molecule has 0 spiro atoms. The summed E-state index contributed by atoms with van der Waals surface area (Å²) in [5.41, 5.74) is -0.574. The van der Waals surface area contributed by atoms with E-state index >= 15 is 0 Å². The quantitative estimate of drug-likeness (QED) is 0.849. The van der Waals surface area contributed by atoms with Crippen molar-refractivity contribution in [3.63, 3.8) is 0 Å². The highest BCUT2D eigenvalue weighted by atomic mass is 79.9. The number of hydrogen-bond acceptors (Lipinski definition) is 3. The van der Waals surface area contributed by atoms with Crippen LogP contribution in [0.25, 0.3) is 0 Å². The molecule has 5 heteroatoms. The minimum Gasteiger partial charge on any atom is -0.492 e. The summed E-state index contributed by atoms with van der Waals surface area (Å²) in [6.07, 6.45) is 2.41. The highest BCUT2D eigenvalue weighted by Crippen LogP contribution is 2.33. The lowest BCUT2D eigenvalue weighted by Gasteiger charge is -2.39. The van der Waals surface area contributed by atoms with Crippen molar-refractivity contribution in [1.82, 2.24) is 4.90 Å². The van der Waals surface area contributed by atoms with Crippen LogP contribution < -0.4 is 4.74 Å². The molecule has 1 saturated heterocycles. The van der Waals surface area contributed by atoms with Gasteiger partial charge in [0.15, 0.2) is 0 Å². The average Bonchev–Trinajstić information content (AvgIpc) is 2.49. The number of hydrogen-bond donors (Lipinski definition) is 1. The molecular formula is C16H22BrNO3. The number of halogens is 1. The highest BCUT2D eigenvalue weighted by molar-refractivity contribution is 9.10. The fraction of sp³-hybridized carbons (Fsp3) is 0.562. The summed E-state index contributed by atoms with van der Waals surface area (Å²) in [4.78, 5) is 13.7. The van der Waals surface area contributed by atoms with Crippen molar-refractivity contribution in [3.05, 3.63) is 28.7 Å². The Morgan fingerprint density at radius 3 is 2.76 bits per heavy atom. The van der Waals surface area contributed by atoms with Gasteiger partial charge < -0.3 is 9.84 Å². The maximum Gasteiger partial charge on any atom is 0.310 e. The van der Waals surface area contributed by atoms with Crippen LogP contribution in [0, 0.1) is 5.41 Å². The number of aliphatic carboxylic acids is 1. The number of carbonyl (C=O) groups is 1. The summed E-state index contributed by atoms with van der Waals surface area (Å²) in [7, 11) is 0. The summed E-state index contributed by atoms with van der Waals surface area (Å²) >= 11 is 3.39. The molecule has 0 amide bonds. The molecule has 4 nitrogen and oxygen atoms in total. The normalized spacial score (nSPS) is 23.0. The lowest BCUT2D eigenvalue weighted by Crippen LogP contribution is -2.48. The number of nitrogens with zero attached hydrogens (tertiary/aromatic N) is 1. The van der Waals surface area contributed by atoms with Crippen molar-refractivity contribution in [2.45, 2.75) is 26.2 Å². The van der Waals surface area contributed by atoms with Crippen LogP contribution in [-0.2, 0) is 4.79 Å². The van der Waals surface area contributed by atoms with Gasteiger partial charge in [0.2, 0.25) is 0 Å². The molecule has 1 unspecified atom stereocenters. The molecule has 0 radical (unpaired) electrons. The molecule has 0 aliphatic carbocycles. The molecule has 116 valence electrons. The molecule has 0 saturated carbocycles. The van der Waals surface area contributed by atoms with E-state index in [9.17, 15) is 9.90 Å². The maximum atomic E-state index is 11.5. The Labute approximate surface area is 134 Å². The number of carboxylic acid groups (broad SMARTS) is 1. The largest absolute Gasteiger partial charge is 0.492 e. The van der Waals surface area contributed by atoms with E-state index in [1.54, 1.807) is 0 Å². The first-order chi connectivity index (χ1) is 10.1. The first kappa shape index (κ1) is 16.3. The third-order valence-corrected chi connectivity index (χ3v) is 4.80. The van der Waals surface area contributed by atoms with Crippen LogP contribution >= 0.6 is 15.9 Å². The number of ether oxygens (including phenoxy) is 1. The fourth-order valence-corrected chi connectivity index (χ4v) is 3.12. The second kappa shape index (κ2) is 7.27. The molecule has 0 bridgehead atoms. The molecule has 1 atom stereocenters. The van der Waals surface area contributed by atoms with Crippen LogP contribution in [0.2, 0.25) is 0 Å². The summed E-state index contributed by atoms with van der Waals surface area (Å²) in [6.45, 7) is 4.91. The van der Waals surface area contributed by atoms with Gasteiger partial charge >= 0.3 is 5.97 Å². The van der Waals surface area contributed by atoms with Gasteiger partial charge in [0.25, 0.3) is 0 Å². The summed E-state index contributed by atoms with van der Waals surface area (Å²) in [6, 6.07) is 7.74. The van der Waals surface area contributed by atoms with E-state index in [1.165, 1.54) is 0 Å². The van der Waals surface area contributed by atoms with Crippen molar-refractivity contribution in [2.75, 3.05) is 26.2 Å². The van der Waals surface area contributed by atoms with Gasteiger partial charge in [-0.2, -0.15) is 0 Å². The van der Waals surface area contributed by atoms with Gasteiger partial charge in [-0.05, 0) is 50.1 Å². The highest BCUT2D eigenvalue weighted by Gasteiger charge is 2.40. The predicted molar refractivity (Wildman–Crippen MR) is 85.7 cm³/mol. The van der Waals surface area contributed by atoms with E-state index in [4.69, 9.17) is 4.74 Å². The van der Waals surface area contributed by atoms with E-state index in [-0.39, 0.29) is 0 Å². The van der Waals surface area contributed by atoms with Gasteiger partial charge in [0.05, 0.1) is 5.41 Å². The van der Waals surface area contributed by atoms with Crippen LogP contribution in [0.1, 0.15) is 26.2 Å². The lowest BCUT2D eigenvalue weighted by atomic mass is 9.78. The van der Waals surface area contributed by atoms with Gasteiger partial charge in [-0.25, -0.2) is 0 Å². The van der Waals surface area contributed by atoms with Gasteiger partial charge in [0.1, 0.15) is 12.4 Å². The number of carboxylic acids is 1. The van der Waals surface area contributed by atoms with E-state index in [0.717, 1.165) is 36.2 Å². The molecule has 1 aromatic carbocycles. The Bertz CT molecular complexity index is 477. The topological polar surface area (TPSA) is 49.8 Å². The average molecular weight is 356 g/mol. The third kappa shape index (κ3) is 4.20. The second-order valence-corrected chi connectivity index (χ2v) is 6.54. The molecule has 1 heterocycles. The minimum atomic E-state index is -0.663. The predicted octanol–water partition coefficient (Wildman–Crippen LogP) is 3.40. The fourth-order valence-electron chi connectivity index (χ4n) is 2.86. The van der Waals surface area contributed by atoms with Crippen LogP contribution in [0.4, 0.5) is 0 Å². The number of benzene rings is 1. The monoisotopic (exact) mass is 355 g/mol. The van der Waals surface area contributed by atoms with E-state index < -0.39 is 11.4 Å². The Hall–Kier alpha value is -1.07. The number of rotatable bonds is 6. The molecule has 1 N–H and O–H groups in total. The zero-order chi connectivity index (χ0) is 15.3. The standard InChI is InChI=1S/C16H22BrNO3/c1-2-16(15(19)20)8-3-9-18(12-16)10-11-21-14-6-4-13(17)5-7-14/h4-7H,2-3,8-12H2,1H3,(H,19,20). The minimum absolute atomic E-state index is 0.574. The first-order valence-electron chi connectivity index (χ1n) is 7.40. The van der Waals surface area contributed by atoms with Gasteiger partial charge in [0, 0.05) is 17.6 Å². The summed E-state index contributed by atoms with van der Waals surface area (Å²) < 4.78 is 6.74. The van der Waals surface area contributed by atoms with Crippen LogP contribution in [0.5, 0.6) is 5.75 Å². The van der Waals surface area contributed by atoms with Crippen molar-refractivity contribution >= 4 is 21.9 Å². The zero-order valence-electron chi connectivity index (χ0n) is 12.3. The molecular weight excluding hydrogens is 334 g/mol. The van der Waals surface area contributed by atoms with Crippen LogP contribution in [0.15, 0.2) is 28.7 Å². The molecule has 1 aromatic rings. The van der Waals surface area contributed by atoms with Gasteiger partial charge in [-0.3, -0.25) is 9.69 Å². The van der Waals surface area contributed by atoms with E-state index in [2.05, 4.69) is 20.8 Å². The van der Waals surface area contributed by atoms with E-state index in [1.807, 2.05) is 31.2 Å². The molecule has 2 rings (SSSR count). The molecule has 1 aliphatic rings. The lowest BCUT2D eigenvalue weighted by molar-refractivity contribution is -0.153. The van der Waals surface area contributed by atoms with Crippen LogP contribution in [0.3, 0.4) is 0 Å². The van der Waals surface area contributed by atoms with Crippen molar-refractivity contribution in [1.29, 1.82) is 0 Å². The molecule has 1 fully saturated rings. The Morgan fingerprint density at radius 1 is 1.43 bits per heavy atom. The third-order valence-electron chi connectivity index (χ3n) is 4.28. The van der Waals surface area contributed by atoms with E-state index in [0.29, 0.717) is 19.6 Å². The number of piperidine rings is 1. The Kier molecular flexibility index (Phi) is 5.65. The maximum absolute atomic E-state index is 11.5. The molecule has 1 aliphatic heterocycles. The van der Waals surface area contributed by atoms with Crippen molar-refractivity contribution in [2.24, 2.45) is 5.41 Å². The van der Waals surface area contributed by atoms with Crippen LogP contribution in [-0.4, -0.2) is 42.2 Å². The van der Waals surface area contributed by atoms with Crippen molar-refractivity contribution in [3.8, 4) is 5.75 Å². The number of likely N-dealkylation sites (tertiary alicyclic amines) is 1. The Balaban J connectivity index is 1.83. The SMILES string of the molecule is CCC1(C(=O)O)CCCN(CCOc2ccc(Br)cc2)C1.